The number of hydrogen-bond acceptors (Lipinski definition) is 9. The van der Waals surface area contributed by atoms with E-state index in [1.807, 2.05) is 0 Å². The summed E-state index contributed by atoms with van der Waals surface area (Å²) in [4.78, 5) is 0. The van der Waals surface area contributed by atoms with E-state index in [9.17, 15) is 0 Å². The van der Waals surface area contributed by atoms with Crippen molar-refractivity contribution in [2.24, 2.45) is 22.9 Å². The molecule has 9 nitrogen and oxygen atoms in total. The van der Waals surface area contributed by atoms with Gasteiger partial charge in [0.2, 0.25) is 0 Å². The SMILES string of the molecule is CCNCC.NCCO.NCCO.NCCO.NCCO.[Cl-].[Cl-].[Ni+2]. The van der Waals surface area contributed by atoms with Crippen molar-refractivity contribution in [3.8, 4) is 0 Å². The van der Waals surface area contributed by atoms with E-state index in [0.29, 0.717) is 26.2 Å². The Balaban J connectivity index is -0.0000000216. The molecule has 13 N–H and O–H groups in total. The molecule has 0 spiro atoms. The zero-order valence-corrected chi connectivity index (χ0v) is 17.2. The Hall–Kier alpha value is 0.714. The fourth-order valence-corrected chi connectivity index (χ4v) is 0.250. The van der Waals surface area contributed by atoms with E-state index in [2.05, 4.69) is 19.2 Å². The van der Waals surface area contributed by atoms with Crippen LogP contribution >= 0.6 is 0 Å². The minimum absolute atomic E-state index is 0. The first-order chi connectivity index (χ1) is 10.1. The van der Waals surface area contributed by atoms with Crippen molar-refractivity contribution in [2.45, 2.75) is 13.8 Å². The largest absolute Gasteiger partial charge is 2.00 e. The smallest absolute Gasteiger partial charge is 1.00 e. The zero-order valence-electron chi connectivity index (χ0n) is 14.7. The summed E-state index contributed by atoms with van der Waals surface area (Å²) in [5.41, 5.74) is 19.1. The monoisotopic (exact) mass is 445 g/mol. The Morgan fingerprint density at radius 3 is 0.708 bits per heavy atom. The van der Waals surface area contributed by atoms with Crippen LogP contribution in [0.1, 0.15) is 13.8 Å². The molecule has 0 aromatic carbocycles. The van der Waals surface area contributed by atoms with Crippen molar-refractivity contribution in [3.05, 3.63) is 0 Å². The molecule has 0 aliphatic heterocycles. The van der Waals surface area contributed by atoms with E-state index < -0.39 is 0 Å². The van der Waals surface area contributed by atoms with Crippen LogP contribution in [0.3, 0.4) is 0 Å². The van der Waals surface area contributed by atoms with Gasteiger partial charge in [-0.25, -0.2) is 0 Å². The molecule has 24 heavy (non-hydrogen) atoms. The summed E-state index contributed by atoms with van der Waals surface area (Å²) in [5, 5.41) is 34.1. The molecule has 0 aromatic rings. The van der Waals surface area contributed by atoms with Gasteiger partial charge in [0.15, 0.2) is 0 Å². The van der Waals surface area contributed by atoms with Crippen LogP contribution in [0.15, 0.2) is 0 Å². The van der Waals surface area contributed by atoms with Gasteiger partial charge >= 0.3 is 16.5 Å². The molecule has 0 bridgehead atoms. The van der Waals surface area contributed by atoms with Gasteiger partial charge in [0.05, 0.1) is 26.4 Å². The topological polar surface area (TPSA) is 197 Å². The third-order valence-electron chi connectivity index (χ3n) is 1.02. The molecule has 160 valence electrons. The molecule has 0 rings (SSSR count). The number of aliphatic hydroxyl groups excluding tert-OH is 4. The summed E-state index contributed by atoms with van der Waals surface area (Å²) in [7, 11) is 0. The average Bonchev–Trinajstić information content (AvgIpc) is 2.56. The van der Waals surface area contributed by atoms with E-state index in [-0.39, 0.29) is 67.7 Å². The van der Waals surface area contributed by atoms with Crippen LogP contribution in [-0.4, -0.2) is 86.1 Å². The van der Waals surface area contributed by atoms with Crippen molar-refractivity contribution in [3.63, 3.8) is 0 Å². The van der Waals surface area contributed by atoms with Crippen LogP contribution in [0, 0.1) is 0 Å². The van der Waals surface area contributed by atoms with Crippen LogP contribution in [-0.2, 0) is 16.5 Å². The van der Waals surface area contributed by atoms with Crippen molar-refractivity contribution < 1.29 is 61.7 Å². The van der Waals surface area contributed by atoms with Gasteiger partial charge < -0.3 is 73.5 Å². The Bertz CT molecular complexity index is 95.5. The summed E-state index contributed by atoms with van der Waals surface area (Å²) in [6.45, 7) is 8.28. The molecule has 0 aliphatic rings. The third-order valence-corrected chi connectivity index (χ3v) is 1.02. The second-order valence-electron chi connectivity index (χ2n) is 3.01. The van der Waals surface area contributed by atoms with Gasteiger partial charge in [-0.2, -0.15) is 0 Å². The van der Waals surface area contributed by atoms with E-state index in [1.165, 1.54) is 0 Å². The molecule has 0 fully saturated rings. The first kappa shape index (κ1) is 49.7. The zero-order chi connectivity index (χ0) is 17.8. The van der Waals surface area contributed by atoms with Crippen LogP contribution < -0.4 is 53.1 Å². The predicted octanol–water partition coefficient (Wildman–Crippen LogP) is -9.63. The molecule has 0 radical (unpaired) electrons. The quantitative estimate of drug-likeness (QED) is 0.178. The van der Waals surface area contributed by atoms with Gasteiger partial charge in [0.25, 0.3) is 0 Å². The van der Waals surface area contributed by atoms with Gasteiger partial charge in [-0.15, -0.1) is 0 Å². The molecule has 0 aromatic heterocycles. The molecule has 0 unspecified atom stereocenters. The molecule has 0 atom stereocenters. The number of nitrogens with two attached hydrogens (primary N) is 4. The maximum atomic E-state index is 7.75. The summed E-state index contributed by atoms with van der Waals surface area (Å²) >= 11 is 0. The maximum Gasteiger partial charge on any atom is 2.00 e. The molecule has 0 heterocycles. The summed E-state index contributed by atoms with van der Waals surface area (Å²) in [6.07, 6.45) is 0. The van der Waals surface area contributed by atoms with Crippen molar-refractivity contribution in [1.82, 2.24) is 5.32 Å². The second-order valence-corrected chi connectivity index (χ2v) is 3.01. The second kappa shape index (κ2) is 89.2. The fourth-order valence-electron chi connectivity index (χ4n) is 0.250. The summed E-state index contributed by atoms with van der Waals surface area (Å²) < 4.78 is 0. The number of nitrogens with one attached hydrogen (secondary N) is 1. The fraction of sp³-hybridized carbons (Fsp3) is 1.00. The van der Waals surface area contributed by atoms with Gasteiger partial charge in [0, 0.05) is 26.2 Å². The minimum Gasteiger partial charge on any atom is -1.00 e. The van der Waals surface area contributed by atoms with Crippen LogP contribution in [0.2, 0.25) is 0 Å². The first-order valence-corrected chi connectivity index (χ1v) is 7.02. The van der Waals surface area contributed by atoms with E-state index in [0.717, 1.165) is 13.1 Å². The van der Waals surface area contributed by atoms with Crippen LogP contribution in [0.25, 0.3) is 0 Å². The van der Waals surface area contributed by atoms with Crippen molar-refractivity contribution >= 4 is 0 Å². The number of aliphatic hydroxyl groups is 4. The van der Waals surface area contributed by atoms with Gasteiger partial charge in [-0.3, -0.25) is 0 Å². The molecular formula is C12H39Cl2N5NiO4. The normalized spacial score (nSPS) is 6.75. The number of hydrogen-bond donors (Lipinski definition) is 9. The molecule has 0 aliphatic carbocycles. The van der Waals surface area contributed by atoms with Crippen LogP contribution in [0.4, 0.5) is 0 Å². The van der Waals surface area contributed by atoms with E-state index in [1.54, 1.807) is 0 Å². The van der Waals surface area contributed by atoms with Crippen LogP contribution in [0.5, 0.6) is 0 Å². The third kappa shape index (κ3) is 238. The first-order valence-electron chi connectivity index (χ1n) is 7.02. The van der Waals surface area contributed by atoms with Crippen molar-refractivity contribution in [2.75, 3.05) is 65.7 Å². The Labute approximate surface area is 169 Å². The molecule has 0 saturated carbocycles. The van der Waals surface area contributed by atoms with Crippen molar-refractivity contribution in [1.29, 1.82) is 0 Å². The molecule has 0 amide bonds. The Kier molecular flexibility index (Phi) is 185. The van der Waals surface area contributed by atoms with Gasteiger partial charge in [0.1, 0.15) is 0 Å². The summed E-state index contributed by atoms with van der Waals surface area (Å²) in [6, 6.07) is 0. The average molecular weight is 447 g/mol. The number of halogens is 2. The van der Waals surface area contributed by atoms with Gasteiger partial charge in [-0.1, -0.05) is 13.8 Å². The number of rotatable bonds is 6. The predicted molar refractivity (Wildman–Crippen MR) is 88.8 cm³/mol. The minimum atomic E-state index is 0. The van der Waals surface area contributed by atoms with E-state index in [4.69, 9.17) is 43.4 Å². The summed E-state index contributed by atoms with van der Waals surface area (Å²) in [5.74, 6) is 0. The van der Waals surface area contributed by atoms with Gasteiger partial charge in [-0.05, 0) is 13.1 Å². The molecule has 12 heteroatoms. The maximum absolute atomic E-state index is 7.75. The standard InChI is InChI=1S/C4H11N.4C2H7NO.2ClH.Ni/c1-3-5-4-2;4*3-1-2-4;;;/h5H,3-4H2,1-2H3;4*4H,1-3H2;2*1H;/q;;;;;;;+2/p-2. The molecule has 0 saturated heterocycles. The Morgan fingerprint density at radius 2 is 0.708 bits per heavy atom. The Morgan fingerprint density at radius 1 is 0.583 bits per heavy atom. The van der Waals surface area contributed by atoms with E-state index >= 15 is 0 Å². The molecular weight excluding hydrogens is 408 g/mol.